The van der Waals surface area contributed by atoms with E-state index in [9.17, 15) is 9.59 Å². The number of benzene rings is 1. The highest BCUT2D eigenvalue weighted by Crippen LogP contribution is 2.33. The van der Waals surface area contributed by atoms with Crippen molar-refractivity contribution in [3.05, 3.63) is 35.9 Å². The lowest BCUT2D eigenvalue weighted by Crippen LogP contribution is -2.50. The highest BCUT2D eigenvalue weighted by Gasteiger charge is 2.50. The van der Waals surface area contributed by atoms with Gasteiger partial charge in [0.1, 0.15) is 11.3 Å². The van der Waals surface area contributed by atoms with Gasteiger partial charge in [-0.25, -0.2) is 0 Å². The number of hydrogen-bond acceptors (Lipinski definition) is 4. The van der Waals surface area contributed by atoms with Crippen molar-refractivity contribution in [2.24, 2.45) is 0 Å². The van der Waals surface area contributed by atoms with Crippen LogP contribution in [-0.4, -0.2) is 34.3 Å². The van der Waals surface area contributed by atoms with Gasteiger partial charge in [-0.1, -0.05) is 50.1 Å². The highest BCUT2D eigenvalue weighted by atomic mass is 28.4. The molecule has 5 heteroatoms. The first-order valence-corrected chi connectivity index (χ1v) is 9.32. The molecule has 0 spiro atoms. The summed E-state index contributed by atoms with van der Waals surface area (Å²) in [7, 11) is 0.181. The second-order valence-electron chi connectivity index (χ2n) is 5.10. The molecule has 0 aromatic heterocycles. The van der Waals surface area contributed by atoms with Crippen molar-refractivity contribution in [3.63, 3.8) is 0 Å². The molecule has 0 saturated heterocycles. The Labute approximate surface area is 127 Å². The van der Waals surface area contributed by atoms with Crippen LogP contribution >= 0.6 is 0 Å². The van der Waals surface area contributed by atoms with E-state index >= 15 is 0 Å². The maximum atomic E-state index is 12.8. The molecular formula is C16H24O4Si. The molecule has 1 aromatic carbocycles. The molecule has 0 aliphatic rings. The van der Waals surface area contributed by atoms with Crippen LogP contribution in [-0.2, 0) is 13.6 Å². The molecule has 0 radical (unpaired) electrons. The van der Waals surface area contributed by atoms with Crippen LogP contribution in [0, 0.1) is 0 Å². The van der Waals surface area contributed by atoms with E-state index in [2.05, 4.69) is 6.92 Å². The number of hydrogen-bond donors (Lipinski definition) is 0. The molecular weight excluding hydrogens is 284 g/mol. The molecule has 1 aromatic rings. The van der Waals surface area contributed by atoms with Crippen LogP contribution in [0.3, 0.4) is 0 Å². The molecule has 0 bridgehead atoms. The summed E-state index contributed by atoms with van der Waals surface area (Å²) in [5.41, 5.74) is -0.290. The SMILES string of the molecule is CCCC[Si](OC)(OC)C(C(C)=O)C(=O)c1ccccc1. The van der Waals surface area contributed by atoms with Gasteiger partial charge in [-0.15, -0.1) is 0 Å². The van der Waals surface area contributed by atoms with Gasteiger partial charge in [-0.2, -0.15) is 0 Å². The van der Waals surface area contributed by atoms with Crippen molar-refractivity contribution in [1.29, 1.82) is 0 Å². The fourth-order valence-corrected chi connectivity index (χ4v) is 5.92. The van der Waals surface area contributed by atoms with Crippen LogP contribution < -0.4 is 0 Å². The van der Waals surface area contributed by atoms with Gasteiger partial charge in [-0.05, 0) is 13.0 Å². The Kier molecular flexibility index (Phi) is 6.94. The Balaban J connectivity index is 3.19. The van der Waals surface area contributed by atoms with E-state index in [1.165, 1.54) is 6.92 Å². The minimum absolute atomic E-state index is 0.185. The van der Waals surface area contributed by atoms with Crippen LogP contribution in [0.25, 0.3) is 0 Å². The van der Waals surface area contributed by atoms with Gasteiger partial charge in [0.2, 0.25) is 0 Å². The van der Waals surface area contributed by atoms with Gasteiger partial charge < -0.3 is 8.85 Å². The number of ketones is 2. The monoisotopic (exact) mass is 308 g/mol. The molecule has 4 nitrogen and oxygen atoms in total. The molecule has 0 fully saturated rings. The molecule has 21 heavy (non-hydrogen) atoms. The third-order valence-electron chi connectivity index (χ3n) is 3.74. The number of Topliss-reactive ketones (excluding diaryl/α,β-unsaturated/α-hetero) is 2. The Morgan fingerprint density at radius 1 is 1.14 bits per heavy atom. The molecule has 116 valence electrons. The van der Waals surface area contributed by atoms with Gasteiger partial charge in [0.05, 0.1) is 0 Å². The van der Waals surface area contributed by atoms with Gasteiger partial charge in [0.15, 0.2) is 5.78 Å². The standard InChI is InChI=1S/C16H24O4Si/c1-5-6-12-21(19-3,20-4)16(13(2)17)15(18)14-10-8-7-9-11-14/h7-11,16H,5-6,12H2,1-4H3. The lowest BCUT2D eigenvalue weighted by atomic mass is 10.1. The van der Waals surface area contributed by atoms with Crippen molar-refractivity contribution < 1.29 is 18.4 Å². The molecule has 0 saturated carbocycles. The smallest absolute Gasteiger partial charge is 0.356 e. The average Bonchev–Trinajstić information content (AvgIpc) is 2.51. The maximum absolute atomic E-state index is 12.8. The Bertz CT molecular complexity index is 468. The zero-order valence-corrected chi connectivity index (χ0v) is 14.2. The zero-order chi connectivity index (χ0) is 15.9. The average molecular weight is 308 g/mol. The van der Waals surface area contributed by atoms with Crippen LogP contribution in [0.1, 0.15) is 37.0 Å². The molecule has 0 amide bonds. The molecule has 1 rings (SSSR count). The quantitative estimate of drug-likeness (QED) is 0.399. The molecule has 1 atom stereocenters. The lowest BCUT2D eigenvalue weighted by molar-refractivity contribution is -0.116. The predicted molar refractivity (Wildman–Crippen MR) is 84.7 cm³/mol. The first kappa shape index (κ1) is 17.7. The highest BCUT2D eigenvalue weighted by molar-refractivity contribution is 6.77. The Morgan fingerprint density at radius 3 is 2.14 bits per heavy atom. The molecule has 0 heterocycles. The van der Waals surface area contributed by atoms with Crippen LogP contribution in [0.4, 0.5) is 0 Å². The van der Waals surface area contributed by atoms with Crippen LogP contribution in [0.5, 0.6) is 0 Å². The Hall–Kier alpha value is -1.30. The van der Waals surface area contributed by atoms with E-state index in [0.29, 0.717) is 11.6 Å². The van der Waals surface area contributed by atoms with Gasteiger partial charge in [0, 0.05) is 19.8 Å². The minimum Gasteiger partial charge on any atom is -0.397 e. The van der Waals surface area contributed by atoms with Crippen molar-refractivity contribution in [3.8, 4) is 0 Å². The van der Waals surface area contributed by atoms with Gasteiger partial charge in [0.25, 0.3) is 0 Å². The second-order valence-corrected chi connectivity index (χ2v) is 8.62. The van der Waals surface area contributed by atoms with E-state index in [4.69, 9.17) is 8.85 Å². The van der Waals surface area contributed by atoms with E-state index in [1.807, 2.05) is 6.07 Å². The first-order chi connectivity index (χ1) is 10.0. The van der Waals surface area contributed by atoms with E-state index in [1.54, 1.807) is 38.5 Å². The fourth-order valence-electron chi connectivity index (χ4n) is 2.55. The van der Waals surface area contributed by atoms with Crippen molar-refractivity contribution in [1.82, 2.24) is 0 Å². The molecule has 0 aliphatic heterocycles. The van der Waals surface area contributed by atoms with E-state index in [-0.39, 0.29) is 11.6 Å². The Morgan fingerprint density at radius 2 is 1.71 bits per heavy atom. The lowest BCUT2D eigenvalue weighted by Gasteiger charge is -2.33. The van der Waals surface area contributed by atoms with Crippen molar-refractivity contribution >= 4 is 20.1 Å². The minimum atomic E-state index is -2.90. The third-order valence-corrected chi connectivity index (χ3v) is 7.72. The summed E-state index contributed by atoms with van der Waals surface area (Å²) >= 11 is 0. The number of rotatable bonds is 9. The zero-order valence-electron chi connectivity index (χ0n) is 13.2. The number of unbranched alkanes of at least 4 members (excludes halogenated alkanes) is 1. The topological polar surface area (TPSA) is 52.6 Å². The number of carbonyl (C=O) groups is 2. The normalized spacial score (nSPS) is 13.0. The fraction of sp³-hybridized carbons (Fsp3) is 0.500. The summed E-state index contributed by atoms with van der Waals surface area (Å²) in [6, 6.07) is 9.51. The van der Waals surface area contributed by atoms with Crippen molar-refractivity contribution in [2.45, 2.75) is 38.3 Å². The summed E-state index contributed by atoms with van der Waals surface area (Å²) in [6.45, 7) is 3.50. The number of carbonyl (C=O) groups excluding carboxylic acids is 2. The largest absolute Gasteiger partial charge is 0.397 e. The van der Waals surface area contributed by atoms with E-state index in [0.717, 1.165) is 12.8 Å². The predicted octanol–water partition coefficient (Wildman–Crippen LogP) is 3.36. The van der Waals surface area contributed by atoms with E-state index < -0.39 is 14.1 Å². The summed E-state index contributed by atoms with van der Waals surface area (Å²) in [5, 5.41) is 0. The van der Waals surface area contributed by atoms with Crippen molar-refractivity contribution in [2.75, 3.05) is 14.2 Å². The molecule has 0 aliphatic carbocycles. The molecule has 0 N–H and O–H groups in total. The summed E-state index contributed by atoms with van der Waals surface area (Å²) in [5.74, 6) is -0.384. The maximum Gasteiger partial charge on any atom is 0.356 e. The van der Waals surface area contributed by atoms with Crippen LogP contribution in [0.2, 0.25) is 11.6 Å². The van der Waals surface area contributed by atoms with Crippen LogP contribution in [0.15, 0.2) is 30.3 Å². The summed E-state index contributed by atoms with van der Waals surface area (Å²) < 4.78 is 11.3. The third kappa shape index (κ3) is 4.09. The summed E-state index contributed by atoms with van der Waals surface area (Å²) in [4.78, 5) is 24.9. The summed E-state index contributed by atoms with van der Waals surface area (Å²) in [6.07, 6.45) is 1.84. The second kappa shape index (κ2) is 8.22. The first-order valence-electron chi connectivity index (χ1n) is 7.22. The molecule has 1 unspecified atom stereocenters. The van der Waals surface area contributed by atoms with Gasteiger partial charge in [-0.3, -0.25) is 9.59 Å². The van der Waals surface area contributed by atoms with Gasteiger partial charge >= 0.3 is 8.56 Å².